The summed E-state index contributed by atoms with van der Waals surface area (Å²) in [5.74, 6) is -1.70. The van der Waals surface area contributed by atoms with Crippen molar-refractivity contribution in [1.29, 1.82) is 0 Å². The van der Waals surface area contributed by atoms with E-state index in [4.69, 9.17) is 9.84 Å². The Kier molecular flexibility index (Phi) is 6.41. The van der Waals surface area contributed by atoms with E-state index < -0.39 is 30.1 Å². The topological polar surface area (TPSA) is 105 Å². The van der Waals surface area contributed by atoms with Crippen LogP contribution in [-0.2, 0) is 19.1 Å². The van der Waals surface area contributed by atoms with Crippen molar-refractivity contribution in [2.45, 2.75) is 32.4 Å². The molecule has 1 aliphatic rings. The summed E-state index contributed by atoms with van der Waals surface area (Å²) in [6.07, 6.45) is -0.369. The van der Waals surface area contributed by atoms with Crippen molar-refractivity contribution in [2.24, 2.45) is 5.92 Å². The van der Waals surface area contributed by atoms with Crippen LogP contribution in [0.3, 0.4) is 0 Å². The standard InChI is InChI=1S/C13H22N2O6/c1-8(2)11(12(17)18)14-13(19)15-4-5-21-9(7-15)6-10(16)20-3/h8-9,11H,4-7H2,1-3H3,(H,14,19)(H,17,18). The first-order chi connectivity index (χ1) is 9.85. The number of ether oxygens (including phenoxy) is 2. The predicted octanol–water partition coefficient (Wildman–Crippen LogP) is 0.0691. The molecule has 120 valence electrons. The molecule has 2 N–H and O–H groups in total. The Labute approximate surface area is 123 Å². The lowest BCUT2D eigenvalue weighted by Crippen LogP contribution is -2.54. The quantitative estimate of drug-likeness (QED) is 0.696. The van der Waals surface area contributed by atoms with E-state index in [2.05, 4.69) is 10.1 Å². The molecule has 0 aromatic carbocycles. The molecule has 21 heavy (non-hydrogen) atoms. The summed E-state index contributed by atoms with van der Waals surface area (Å²) in [5, 5.41) is 11.6. The van der Waals surface area contributed by atoms with Gasteiger partial charge in [0.2, 0.25) is 0 Å². The summed E-state index contributed by atoms with van der Waals surface area (Å²) >= 11 is 0. The van der Waals surface area contributed by atoms with Crippen molar-refractivity contribution in [1.82, 2.24) is 10.2 Å². The third kappa shape index (κ3) is 5.22. The Morgan fingerprint density at radius 3 is 2.62 bits per heavy atom. The zero-order chi connectivity index (χ0) is 16.0. The Morgan fingerprint density at radius 1 is 1.43 bits per heavy atom. The van der Waals surface area contributed by atoms with Gasteiger partial charge in [-0.05, 0) is 5.92 Å². The van der Waals surface area contributed by atoms with Crippen molar-refractivity contribution in [3.63, 3.8) is 0 Å². The number of amides is 2. The molecule has 0 aliphatic carbocycles. The van der Waals surface area contributed by atoms with Gasteiger partial charge in [0.25, 0.3) is 0 Å². The normalized spacial score (nSPS) is 20.0. The van der Waals surface area contributed by atoms with Gasteiger partial charge >= 0.3 is 18.0 Å². The van der Waals surface area contributed by atoms with Gasteiger partial charge in [0.15, 0.2) is 0 Å². The fraction of sp³-hybridized carbons (Fsp3) is 0.769. The molecule has 2 atom stereocenters. The molecule has 1 fully saturated rings. The molecule has 1 heterocycles. The third-order valence-electron chi connectivity index (χ3n) is 3.26. The van der Waals surface area contributed by atoms with Crippen LogP contribution in [0.5, 0.6) is 0 Å². The maximum atomic E-state index is 12.1. The molecule has 8 heteroatoms. The van der Waals surface area contributed by atoms with Crippen molar-refractivity contribution in [2.75, 3.05) is 26.8 Å². The van der Waals surface area contributed by atoms with E-state index >= 15 is 0 Å². The summed E-state index contributed by atoms with van der Waals surface area (Å²) in [6, 6.07) is -1.41. The molecule has 0 aromatic rings. The van der Waals surface area contributed by atoms with Crippen LogP contribution in [0.4, 0.5) is 4.79 Å². The monoisotopic (exact) mass is 302 g/mol. The van der Waals surface area contributed by atoms with Crippen molar-refractivity contribution < 1.29 is 29.0 Å². The fourth-order valence-corrected chi connectivity index (χ4v) is 2.03. The summed E-state index contributed by atoms with van der Waals surface area (Å²) in [7, 11) is 1.29. The number of rotatable bonds is 5. The Balaban J connectivity index is 2.57. The fourth-order valence-electron chi connectivity index (χ4n) is 2.03. The van der Waals surface area contributed by atoms with Gasteiger partial charge in [-0.25, -0.2) is 9.59 Å². The zero-order valence-corrected chi connectivity index (χ0v) is 12.5. The number of carboxylic acid groups (broad SMARTS) is 1. The van der Waals surface area contributed by atoms with E-state index in [0.717, 1.165) is 0 Å². The second kappa shape index (κ2) is 7.82. The lowest BCUT2D eigenvalue weighted by Gasteiger charge is -2.33. The maximum Gasteiger partial charge on any atom is 0.326 e. The first-order valence-corrected chi connectivity index (χ1v) is 6.81. The Hall–Kier alpha value is -1.83. The second-order valence-corrected chi connectivity index (χ2v) is 5.23. The van der Waals surface area contributed by atoms with E-state index in [1.54, 1.807) is 13.8 Å². The molecule has 0 aromatic heterocycles. The van der Waals surface area contributed by atoms with E-state index in [1.165, 1.54) is 12.0 Å². The van der Waals surface area contributed by atoms with Crippen molar-refractivity contribution in [3.8, 4) is 0 Å². The van der Waals surface area contributed by atoms with E-state index in [1.807, 2.05) is 0 Å². The van der Waals surface area contributed by atoms with Crippen LogP contribution in [0.2, 0.25) is 0 Å². The number of nitrogens with one attached hydrogen (secondary N) is 1. The van der Waals surface area contributed by atoms with Gasteiger partial charge in [0.05, 0.1) is 26.2 Å². The maximum absolute atomic E-state index is 12.1. The summed E-state index contributed by atoms with van der Waals surface area (Å²) in [5.41, 5.74) is 0. The van der Waals surface area contributed by atoms with Gasteiger partial charge in [-0.3, -0.25) is 4.79 Å². The second-order valence-electron chi connectivity index (χ2n) is 5.23. The number of methoxy groups -OCH3 is 1. The number of morpholine rings is 1. The molecule has 2 amide bonds. The number of nitrogens with zero attached hydrogens (tertiary/aromatic N) is 1. The molecule has 1 saturated heterocycles. The van der Waals surface area contributed by atoms with Gasteiger partial charge in [0.1, 0.15) is 6.04 Å². The summed E-state index contributed by atoms with van der Waals surface area (Å²) in [4.78, 5) is 35.9. The van der Waals surface area contributed by atoms with Crippen LogP contribution in [0.15, 0.2) is 0 Å². The highest BCUT2D eigenvalue weighted by atomic mass is 16.5. The predicted molar refractivity (Wildman–Crippen MR) is 72.7 cm³/mol. The molecule has 1 aliphatic heterocycles. The highest BCUT2D eigenvalue weighted by Gasteiger charge is 2.30. The molecule has 1 rings (SSSR count). The lowest BCUT2D eigenvalue weighted by atomic mass is 10.1. The van der Waals surface area contributed by atoms with Crippen LogP contribution in [0.1, 0.15) is 20.3 Å². The number of carbonyl (C=O) groups excluding carboxylic acids is 2. The molecule has 0 spiro atoms. The molecule has 8 nitrogen and oxygen atoms in total. The third-order valence-corrected chi connectivity index (χ3v) is 3.26. The van der Waals surface area contributed by atoms with Crippen LogP contribution >= 0.6 is 0 Å². The first-order valence-electron chi connectivity index (χ1n) is 6.81. The number of esters is 1. The molecule has 0 radical (unpaired) electrons. The average Bonchev–Trinajstić information content (AvgIpc) is 2.43. The average molecular weight is 302 g/mol. The van der Waals surface area contributed by atoms with Crippen LogP contribution < -0.4 is 5.32 Å². The minimum absolute atomic E-state index is 0.0623. The minimum atomic E-state index is -1.07. The smallest absolute Gasteiger partial charge is 0.326 e. The van der Waals surface area contributed by atoms with Gasteiger partial charge in [-0.15, -0.1) is 0 Å². The molecule has 0 bridgehead atoms. The van der Waals surface area contributed by atoms with Gasteiger partial charge in [-0.2, -0.15) is 0 Å². The van der Waals surface area contributed by atoms with Crippen LogP contribution in [0, 0.1) is 5.92 Å². The number of hydrogen-bond donors (Lipinski definition) is 2. The highest BCUT2D eigenvalue weighted by Crippen LogP contribution is 2.11. The number of carbonyl (C=O) groups is 3. The largest absolute Gasteiger partial charge is 0.480 e. The van der Waals surface area contributed by atoms with Crippen LogP contribution in [0.25, 0.3) is 0 Å². The Morgan fingerprint density at radius 2 is 2.10 bits per heavy atom. The summed E-state index contributed by atoms with van der Waals surface area (Å²) in [6.45, 7) is 4.32. The number of carboxylic acids is 1. The zero-order valence-electron chi connectivity index (χ0n) is 12.5. The molecule has 2 unspecified atom stereocenters. The van der Waals surface area contributed by atoms with Gasteiger partial charge < -0.3 is 24.8 Å². The SMILES string of the molecule is COC(=O)CC1CN(C(=O)NC(C(=O)O)C(C)C)CCO1. The number of hydrogen-bond acceptors (Lipinski definition) is 5. The van der Waals surface area contributed by atoms with Gasteiger partial charge in [-0.1, -0.05) is 13.8 Å². The van der Waals surface area contributed by atoms with Crippen molar-refractivity contribution >= 4 is 18.0 Å². The van der Waals surface area contributed by atoms with E-state index in [9.17, 15) is 14.4 Å². The summed E-state index contributed by atoms with van der Waals surface area (Å²) < 4.78 is 9.95. The molecular weight excluding hydrogens is 280 g/mol. The molecule has 0 saturated carbocycles. The van der Waals surface area contributed by atoms with Crippen LogP contribution in [-0.4, -0.2) is 66.9 Å². The number of aliphatic carboxylic acids is 1. The lowest BCUT2D eigenvalue weighted by molar-refractivity contribution is -0.145. The minimum Gasteiger partial charge on any atom is -0.480 e. The van der Waals surface area contributed by atoms with E-state index in [-0.39, 0.29) is 18.9 Å². The van der Waals surface area contributed by atoms with Gasteiger partial charge in [0, 0.05) is 13.1 Å². The number of urea groups is 1. The van der Waals surface area contributed by atoms with E-state index in [0.29, 0.717) is 13.2 Å². The Bertz CT molecular complexity index is 398. The highest BCUT2D eigenvalue weighted by molar-refractivity contribution is 5.82. The molecular formula is C13H22N2O6. The van der Waals surface area contributed by atoms with Crippen molar-refractivity contribution in [3.05, 3.63) is 0 Å². The first kappa shape index (κ1) is 17.2.